The van der Waals surface area contributed by atoms with Gasteiger partial charge in [-0.05, 0) is 79.0 Å². The minimum atomic E-state index is -0.869. The standard InChI is InChI=1S/C32H38N4O6/c1-21(2)29(32(41)35-26-12-7-22(8-13-26)9-16-28(37)38)36-31(40)25-6-4-5-23(19-25)20-34-30(39)24-10-14-27(15-11-24)42-18-17-33-3/h4-8,10-15,19,21,29,33H,9,16-18,20H2,1-3H3,(H,34,39)(H,35,41)(H,36,40)(H,37,38)/t29-/m0/s1. The lowest BCUT2D eigenvalue weighted by Crippen LogP contribution is -2.47. The monoisotopic (exact) mass is 574 g/mol. The van der Waals surface area contributed by atoms with Crippen LogP contribution in [0.3, 0.4) is 0 Å². The summed E-state index contributed by atoms with van der Waals surface area (Å²) in [5, 5.41) is 20.3. The number of hydrogen-bond donors (Lipinski definition) is 5. The predicted molar refractivity (Wildman–Crippen MR) is 161 cm³/mol. The normalized spacial score (nSPS) is 11.4. The Balaban J connectivity index is 1.56. The summed E-state index contributed by atoms with van der Waals surface area (Å²) < 4.78 is 5.58. The lowest BCUT2D eigenvalue weighted by Gasteiger charge is -2.22. The average Bonchev–Trinajstić information content (AvgIpc) is 2.98. The van der Waals surface area contributed by atoms with Gasteiger partial charge in [-0.25, -0.2) is 0 Å². The van der Waals surface area contributed by atoms with Crippen molar-refractivity contribution in [2.45, 2.75) is 39.3 Å². The molecule has 0 saturated heterocycles. The molecule has 0 saturated carbocycles. The summed E-state index contributed by atoms with van der Waals surface area (Å²) >= 11 is 0. The van der Waals surface area contributed by atoms with Crippen LogP contribution in [0.2, 0.25) is 0 Å². The Labute approximate surface area is 245 Å². The number of benzene rings is 3. The fourth-order valence-corrected chi connectivity index (χ4v) is 4.07. The maximum Gasteiger partial charge on any atom is 0.303 e. The Bertz CT molecular complexity index is 1360. The summed E-state index contributed by atoms with van der Waals surface area (Å²) in [5.74, 6) is -1.40. The number of hydrogen-bond acceptors (Lipinski definition) is 6. The third kappa shape index (κ3) is 10.0. The molecular formula is C32H38N4O6. The van der Waals surface area contributed by atoms with E-state index in [-0.39, 0.29) is 30.7 Å². The number of carbonyl (C=O) groups is 4. The van der Waals surface area contributed by atoms with Crippen molar-refractivity contribution < 1.29 is 29.0 Å². The smallest absolute Gasteiger partial charge is 0.303 e. The summed E-state index contributed by atoms with van der Waals surface area (Å²) in [7, 11) is 1.85. The number of aliphatic carboxylic acids is 1. The molecule has 0 heterocycles. The van der Waals surface area contributed by atoms with Crippen LogP contribution in [0.4, 0.5) is 5.69 Å². The number of carbonyl (C=O) groups excluding carboxylic acids is 3. The molecule has 0 bridgehead atoms. The third-order valence-electron chi connectivity index (χ3n) is 6.46. The van der Waals surface area contributed by atoms with Crippen molar-refractivity contribution in [3.8, 4) is 5.75 Å². The van der Waals surface area contributed by atoms with E-state index in [0.717, 1.165) is 17.7 Å². The highest BCUT2D eigenvalue weighted by molar-refractivity contribution is 6.01. The molecule has 3 amide bonds. The second kappa shape index (κ2) is 15.9. The largest absolute Gasteiger partial charge is 0.492 e. The summed E-state index contributed by atoms with van der Waals surface area (Å²) in [6.45, 7) is 5.15. The number of rotatable bonds is 15. The second-order valence-electron chi connectivity index (χ2n) is 10.1. The minimum Gasteiger partial charge on any atom is -0.492 e. The zero-order valence-corrected chi connectivity index (χ0v) is 24.1. The first-order valence-corrected chi connectivity index (χ1v) is 13.8. The Morgan fingerprint density at radius 2 is 1.57 bits per heavy atom. The molecule has 0 aliphatic heterocycles. The molecule has 1 atom stereocenters. The topological polar surface area (TPSA) is 146 Å². The van der Waals surface area contributed by atoms with E-state index >= 15 is 0 Å². The molecule has 42 heavy (non-hydrogen) atoms. The summed E-state index contributed by atoms with van der Waals surface area (Å²) in [4.78, 5) is 49.5. The molecule has 222 valence electrons. The second-order valence-corrected chi connectivity index (χ2v) is 10.1. The number of carboxylic acid groups (broad SMARTS) is 1. The maximum absolute atomic E-state index is 13.1. The Morgan fingerprint density at radius 1 is 0.857 bits per heavy atom. The van der Waals surface area contributed by atoms with E-state index in [9.17, 15) is 19.2 Å². The van der Waals surface area contributed by atoms with Crippen molar-refractivity contribution in [2.24, 2.45) is 5.92 Å². The van der Waals surface area contributed by atoms with E-state index in [0.29, 0.717) is 35.6 Å². The number of nitrogens with one attached hydrogen (secondary N) is 4. The van der Waals surface area contributed by atoms with Crippen LogP contribution in [0.5, 0.6) is 5.75 Å². The van der Waals surface area contributed by atoms with Gasteiger partial charge in [0.2, 0.25) is 5.91 Å². The lowest BCUT2D eigenvalue weighted by atomic mass is 10.0. The van der Waals surface area contributed by atoms with Crippen LogP contribution in [-0.2, 0) is 22.6 Å². The molecule has 5 N–H and O–H groups in total. The van der Waals surface area contributed by atoms with E-state index in [2.05, 4.69) is 21.3 Å². The van der Waals surface area contributed by atoms with Gasteiger partial charge in [0, 0.05) is 36.3 Å². The molecule has 3 aromatic carbocycles. The van der Waals surface area contributed by atoms with Crippen LogP contribution in [0.1, 0.15) is 52.1 Å². The molecule has 0 aliphatic carbocycles. The van der Waals surface area contributed by atoms with E-state index < -0.39 is 17.9 Å². The zero-order chi connectivity index (χ0) is 30.5. The van der Waals surface area contributed by atoms with Crippen LogP contribution in [0, 0.1) is 5.92 Å². The molecule has 0 aliphatic rings. The number of aryl methyl sites for hydroxylation is 1. The Hall–Kier alpha value is -4.70. The Morgan fingerprint density at radius 3 is 2.21 bits per heavy atom. The average molecular weight is 575 g/mol. The van der Waals surface area contributed by atoms with Gasteiger partial charge in [-0.1, -0.05) is 38.1 Å². The van der Waals surface area contributed by atoms with Gasteiger partial charge in [0.1, 0.15) is 18.4 Å². The highest BCUT2D eigenvalue weighted by Crippen LogP contribution is 2.15. The maximum atomic E-state index is 13.1. The molecular weight excluding hydrogens is 536 g/mol. The van der Waals surface area contributed by atoms with Crippen molar-refractivity contribution in [3.63, 3.8) is 0 Å². The summed E-state index contributed by atoms with van der Waals surface area (Å²) in [5.41, 5.74) is 2.99. The van der Waals surface area contributed by atoms with Gasteiger partial charge < -0.3 is 31.1 Å². The van der Waals surface area contributed by atoms with E-state index in [1.807, 2.05) is 27.0 Å². The van der Waals surface area contributed by atoms with Crippen molar-refractivity contribution >= 4 is 29.4 Å². The molecule has 0 unspecified atom stereocenters. The number of carboxylic acids is 1. The fourth-order valence-electron chi connectivity index (χ4n) is 4.07. The number of amides is 3. The van der Waals surface area contributed by atoms with Crippen molar-refractivity contribution in [3.05, 3.63) is 95.1 Å². The first-order chi connectivity index (χ1) is 20.2. The van der Waals surface area contributed by atoms with Gasteiger partial charge in [0.05, 0.1) is 0 Å². The Kier molecular flexibility index (Phi) is 12.1. The number of anilines is 1. The number of likely N-dealkylation sites (N-methyl/N-ethyl adjacent to an activating group) is 1. The van der Waals surface area contributed by atoms with Gasteiger partial charge >= 0.3 is 5.97 Å². The summed E-state index contributed by atoms with van der Waals surface area (Å²) in [6, 6.07) is 19.9. The molecule has 0 radical (unpaired) electrons. The van der Waals surface area contributed by atoms with Crippen molar-refractivity contribution in [2.75, 3.05) is 25.5 Å². The molecule has 0 fully saturated rings. The fraction of sp³-hybridized carbons (Fsp3) is 0.312. The van der Waals surface area contributed by atoms with Crippen molar-refractivity contribution in [1.29, 1.82) is 0 Å². The van der Waals surface area contributed by atoms with E-state index in [4.69, 9.17) is 9.84 Å². The molecule has 0 aromatic heterocycles. The van der Waals surface area contributed by atoms with Gasteiger partial charge in [0.25, 0.3) is 11.8 Å². The van der Waals surface area contributed by atoms with Gasteiger partial charge in [0.15, 0.2) is 0 Å². The van der Waals surface area contributed by atoms with Gasteiger partial charge in [-0.3, -0.25) is 19.2 Å². The van der Waals surface area contributed by atoms with Crippen LogP contribution < -0.4 is 26.0 Å². The summed E-state index contributed by atoms with van der Waals surface area (Å²) in [6.07, 6.45) is 0.430. The minimum absolute atomic E-state index is 0.0298. The van der Waals surface area contributed by atoms with E-state index in [1.54, 1.807) is 66.7 Å². The van der Waals surface area contributed by atoms with Crippen LogP contribution in [-0.4, -0.2) is 55.0 Å². The molecule has 10 heteroatoms. The highest BCUT2D eigenvalue weighted by Gasteiger charge is 2.25. The zero-order valence-electron chi connectivity index (χ0n) is 24.1. The predicted octanol–water partition coefficient (Wildman–Crippen LogP) is 3.63. The first-order valence-electron chi connectivity index (χ1n) is 13.8. The quantitative estimate of drug-likeness (QED) is 0.174. The number of ether oxygens (including phenoxy) is 1. The van der Waals surface area contributed by atoms with Crippen LogP contribution >= 0.6 is 0 Å². The SMILES string of the molecule is CNCCOc1ccc(C(=O)NCc2cccc(C(=O)N[C@H](C(=O)Nc3ccc(CCC(=O)O)cc3)C(C)C)c2)cc1. The van der Waals surface area contributed by atoms with Crippen LogP contribution in [0.25, 0.3) is 0 Å². The van der Waals surface area contributed by atoms with Gasteiger partial charge in [-0.15, -0.1) is 0 Å². The highest BCUT2D eigenvalue weighted by atomic mass is 16.5. The van der Waals surface area contributed by atoms with Crippen molar-refractivity contribution in [1.82, 2.24) is 16.0 Å². The molecule has 10 nitrogen and oxygen atoms in total. The molecule has 0 spiro atoms. The van der Waals surface area contributed by atoms with Crippen LogP contribution in [0.15, 0.2) is 72.8 Å². The third-order valence-corrected chi connectivity index (χ3v) is 6.46. The van der Waals surface area contributed by atoms with E-state index in [1.165, 1.54) is 0 Å². The first kappa shape index (κ1) is 31.8. The molecule has 3 aromatic rings. The lowest BCUT2D eigenvalue weighted by molar-refractivity contribution is -0.137. The molecule has 3 rings (SSSR count). The van der Waals surface area contributed by atoms with Gasteiger partial charge in [-0.2, -0.15) is 0 Å².